The summed E-state index contributed by atoms with van der Waals surface area (Å²) < 4.78 is 32.1. The molecule has 0 aliphatic rings. The third kappa shape index (κ3) is 4.96. The largest absolute Gasteiger partial charge is 0.465 e. The van der Waals surface area contributed by atoms with Gasteiger partial charge in [0.15, 0.2) is 0 Å². The Morgan fingerprint density at radius 1 is 1.20 bits per heavy atom. The van der Waals surface area contributed by atoms with E-state index in [1.54, 1.807) is 32.0 Å². The van der Waals surface area contributed by atoms with Crippen LogP contribution in [0.25, 0.3) is 0 Å². The third-order valence-electron chi connectivity index (χ3n) is 3.60. The van der Waals surface area contributed by atoms with Crippen molar-refractivity contribution >= 4 is 21.6 Å². The number of furan rings is 1. The topological polar surface area (TPSA) is 110 Å². The minimum atomic E-state index is -3.57. The summed E-state index contributed by atoms with van der Waals surface area (Å²) in [5.74, 6) is 0.824. The Labute approximate surface area is 145 Å². The number of hydrogen-bond acceptors (Lipinski definition) is 5. The van der Waals surface area contributed by atoms with Crippen LogP contribution in [0.4, 0.5) is 5.69 Å². The summed E-state index contributed by atoms with van der Waals surface area (Å²) in [6.45, 7) is 4.94. The van der Waals surface area contributed by atoms with Crippen molar-refractivity contribution in [3.05, 3.63) is 51.8 Å². The van der Waals surface area contributed by atoms with Crippen LogP contribution >= 0.6 is 0 Å². The molecule has 0 saturated carbocycles. The predicted octanol–water partition coefficient (Wildman–Crippen LogP) is 1.14. The first-order valence-electron chi connectivity index (χ1n) is 7.75. The van der Waals surface area contributed by atoms with E-state index in [1.807, 2.05) is 0 Å². The van der Waals surface area contributed by atoms with Crippen molar-refractivity contribution in [1.82, 2.24) is 9.88 Å². The lowest BCUT2D eigenvalue weighted by molar-refractivity contribution is -0.122. The molecule has 0 aromatic carbocycles. The first kappa shape index (κ1) is 18.8. The zero-order valence-electron chi connectivity index (χ0n) is 14.3. The molecule has 2 aromatic heterocycles. The van der Waals surface area contributed by atoms with E-state index in [2.05, 4.69) is 10.0 Å². The van der Waals surface area contributed by atoms with E-state index < -0.39 is 15.6 Å². The first-order chi connectivity index (χ1) is 11.7. The van der Waals surface area contributed by atoms with Crippen LogP contribution in [0.2, 0.25) is 0 Å². The number of carbonyl (C=O) groups is 1. The van der Waals surface area contributed by atoms with Gasteiger partial charge in [0.05, 0.1) is 12.3 Å². The molecule has 0 atom stereocenters. The summed E-state index contributed by atoms with van der Waals surface area (Å²) >= 11 is 0. The summed E-state index contributed by atoms with van der Waals surface area (Å²) in [4.78, 5) is 24.5. The molecule has 0 aliphatic carbocycles. The molecule has 136 valence electrons. The van der Waals surface area contributed by atoms with Crippen molar-refractivity contribution in [3.8, 4) is 0 Å². The Morgan fingerprint density at radius 3 is 2.52 bits per heavy atom. The second-order valence-electron chi connectivity index (χ2n) is 5.57. The van der Waals surface area contributed by atoms with E-state index in [9.17, 15) is 18.0 Å². The van der Waals surface area contributed by atoms with E-state index in [0.717, 1.165) is 5.76 Å². The Bertz CT molecular complexity index is 927. The highest BCUT2D eigenvalue weighted by Crippen LogP contribution is 2.07. The van der Waals surface area contributed by atoms with Crippen molar-refractivity contribution in [2.24, 2.45) is 0 Å². The zero-order chi connectivity index (χ0) is 18.6. The second kappa shape index (κ2) is 7.56. The van der Waals surface area contributed by atoms with Gasteiger partial charge >= 0.3 is 0 Å². The van der Waals surface area contributed by atoms with E-state index in [0.29, 0.717) is 11.5 Å². The standard InChI is InChI=1S/C16H21N3O5S/c1-4-25(22,23)18-14-8-5-11(2)19(16(14)21)10-15(20)17-9-13-7-6-12(3)24-13/h5-8,18H,4,9-10H2,1-3H3,(H,17,20). The maximum Gasteiger partial charge on any atom is 0.275 e. The molecule has 1 amide bonds. The highest BCUT2D eigenvalue weighted by molar-refractivity contribution is 7.92. The van der Waals surface area contributed by atoms with Crippen molar-refractivity contribution in [2.45, 2.75) is 33.9 Å². The maximum atomic E-state index is 12.4. The van der Waals surface area contributed by atoms with Crippen LogP contribution in [0.3, 0.4) is 0 Å². The molecule has 9 heteroatoms. The van der Waals surface area contributed by atoms with Gasteiger partial charge in [0.2, 0.25) is 15.9 Å². The minimum absolute atomic E-state index is 0.0816. The van der Waals surface area contributed by atoms with Gasteiger partial charge in [-0.05, 0) is 45.0 Å². The SMILES string of the molecule is CCS(=O)(=O)Nc1ccc(C)n(CC(=O)NCc2ccc(C)o2)c1=O. The Morgan fingerprint density at radius 2 is 1.92 bits per heavy atom. The van der Waals surface area contributed by atoms with Crippen LogP contribution in [0.5, 0.6) is 0 Å². The summed E-state index contributed by atoms with van der Waals surface area (Å²) in [5.41, 5.74) is -0.101. The van der Waals surface area contributed by atoms with Crippen LogP contribution in [0.15, 0.2) is 33.5 Å². The molecule has 0 saturated heterocycles. The van der Waals surface area contributed by atoms with Gasteiger partial charge in [-0.2, -0.15) is 0 Å². The van der Waals surface area contributed by atoms with Gasteiger partial charge in [0.1, 0.15) is 23.8 Å². The van der Waals surface area contributed by atoms with Crippen LogP contribution in [-0.2, 0) is 27.9 Å². The van der Waals surface area contributed by atoms with E-state index >= 15 is 0 Å². The van der Waals surface area contributed by atoms with E-state index in [-0.39, 0.29) is 30.4 Å². The normalized spacial score (nSPS) is 11.3. The molecular formula is C16H21N3O5S. The molecule has 25 heavy (non-hydrogen) atoms. The minimum Gasteiger partial charge on any atom is -0.465 e. The lowest BCUT2D eigenvalue weighted by Gasteiger charge is -2.13. The fraction of sp³-hybridized carbons (Fsp3) is 0.375. The number of sulfonamides is 1. The quantitative estimate of drug-likeness (QED) is 0.762. The predicted molar refractivity (Wildman–Crippen MR) is 93.8 cm³/mol. The van der Waals surface area contributed by atoms with Gasteiger partial charge < -0.3 is 14.3 Å². The summed E-state index contributed by atoms with van der Waals surface area (Å²) in [7, 11) is -3.57. The average molecular weight is 367 g/mol. The first-order valence-corrected chi connectivity index (χ1v) is 9.40. The van der Waals surface area contributed by atoms with E-state index in [1.165, 1.54) is 17.6 Å². The number of amides is 1. The zero-order valence-corrected chi connectivity index (χ0v) is 15.1. The Hall–Kier alpha value is -2.55. The van der Waals surface area contributed by atoms with E-state index in [4.69, 9.17) is 4.42 Å². The lowest BCUT2D eigenvalue weighted by Crippen LogP contribution is -2.34. The second-order valence-corrected chi connectivity index (χ2v) is 7.59. The number of aromatic nitrogens is 1. The molecule has 2 heterocycles. The molecule has 0 radical (unpaired) electrons. The van der Waals surface area contributed by atoms with Gasteiger partial charge in [0.25, 0.3) is 5.56 Å². The Kier molecular flexibility index (Phi) is 5.68. The van der Waals surface area contributed by atoms with Gasteiger partial charge in [-0.15, -0.1) is 0 Å². The van der Waals surface area contributed by atoms with Gasteiger partial charge in [-0.25, -0.2) is 8.42 Å². The molecule has 0 unspecified atom stereocenters. The highest BCUT2D eigenvalue weighted by atomic mass is 32.2. The maximum absolute atomic E-state index is 12.4. The van der Waals surface area contributed by atoms with Crippen molar-refractivity contribution in [2.75, 3.05) is 10.5 Å². The van der Waals surface area contributed by atoms with Gasteiger partial charge in [0, 0.05) is 5.69 Å². The van der Waals surface area contributed by atoms with Crippen molar-refractivity contribution < 1.29 is 17.6 Å². The van der Waals surface area contributed by atoms with Gasteiger partial charge in [-0.3, -0.25) is 14.3 Å². The molecule has 2 aromatic rings. The molecule has 2 rings (SSSR count). The number of nitrogens with one attached hydrogen (secondary N) is 2. The molecule has 8 nitrogen and oxygen atoms in total. The smallest absolute Gasteiger partial charge is 0.275 e. The van der Waals surface area contributed by atoms with Crippen LogP contribution in [0.1, 0.15) is 24.1 Å². The number of hydrogen-bond donors (Lipinski definition) is 2. The van der Waals surface area contributed by atoms with Crippen molar-refractivity contribution in [3.63, 3.8) is 0 Å². The number of pyridine rings is 1. The number of rotatable bonds is 7. The summed E-state index contributed by atoms with van der Waals surface area (Å²) in [6.07, 6.45) is 0. The molecule has 0 aliphatic heterocycles. The summed E-state index contributed by atoms with van der Waals surface area (Å²) in [5, 5.41) is 2.66. The van der Waals surface area contributed by atoms with Gasteiger partial charge in [-0.1, -0.05) is 0 Å². The number of anilines is 1. The third-order valence-corrected chi connectivity index (χ3v) is 4.89. The van der Waals surface area contributed by atoms with Crippen molar-refractivity contribution in [1.29, 1.82) is 0 Å². The lowest BCUT2D eigenvalue weighted by atomic mass is 10.3. The molecule has 2 N–H and O–H groups in total. The number of carbonyl (C=O) groups excluding carboxylic acids is 1. The Balaban J connectivity index is 2.12. The molecule has 0 spiro atoms. The number of nitrogens with zero attached hydrogens (tertiary/aromatic N) is 1. The molecule has 0 bridgehead atoms. The van der Waals surface area contributed by atoms with Crippen LogP contribution in [0, 0.1) is 13.8 Å². The molecule has 0 fully saturated rings. The monoisotopic (exact) mass is 367 g/mol. The fourth-order valence-electron chi connectivity index (χ4n) is 2.15. The summed E-state index contributed by atoms with van der Waals surface area (Å²) in [6, 6.07) is 6.52. The average Bonchev–Trinajstić information content (AvgIpc) is 2.98. The van der Waals surface area contributed by atoms with Crippen LogP contribution < -0.4 is 15.6 Å². The highest BCUT2D eigenvalue weighted by Gasteiger charge is 2.14. The fourth-order valence-corrected chi connectivity index (χ4v) is 2.78. The molecular weight excluding hydrogens is 346 g/mol. The number of aryl methyl sites for hydroxylation is 2. The van der Waals surface area contributed by atoms with Crippen LogP contribution in [-0.4, -0.2) is 24.6 Å².